The van der Waals surface area contributed by atoms with Crippen LogP contribution in [0.15, 0.2) is 48.5 Å². The highest BCUT2D eigenvalue weighted by Crippen LogP contribution is 2.19. The molecular weight excluding hydrogens is 227 g/mol. The van der Waals surface area contributed by atoms with Crippen molar-refractivity contribution in [1.29, 1.82) is 0 Å². The summed E-state index contributed by atoms with van der Waals surface area (Å²) in [6.45, 7) is 2.05. The van der Waals surface area contributed by atoms with E-state index in [0.717, 1.165) is 6.42 Å². The summed E-state index contributed by atoms with van der Waals surface area (Å²) in [4.78, 5) is 0. The lowest BCUT2D eigenvalue weighted by atomic mass is 10.0. The zero-order valence-corrected chi connectivity index (χ0v) is 10.4. The minimum atomic E-state index is -0.609. The Bertz CT molecular complexity index is 505. The summed E-state index contributed by atoms with van der Waals surface area (Å²) in [6.07, 6.45) is 0.784. The number of halogens is 1. The Morgan fingerprint density at radius 1 is 1.11 bits per heavy atom. The Kier molecular flexibility index (Phi) is 4.11. The average molecular weight is 244 g/mol. The van der Waals surface area contributed by atoms with Gasteiger partial charge in [-0.3, -0.25) is 0 Å². The molecule has 0 aromatic heterocycles. The topological polar surface area (TPSA) is 20.2 Å². The Hall–Kier alpha value is -1.67. The van der Waals surface area contributed by atoms with Crippen LogP contribution in [0.5, 0.6) is 0 Å². The molecule has 0 aliphatic heterocycles. The summed E-state index contributed by atoms with van der Waals surface area (Å²) in [6, 6.07) is 14.4. The van der Waals surface area contributed by atoms with E-state index in [1.54, 1.807) is 12.1 Å². The summed E-state index contributed by atoms with van der Waals surface area (Å²) >= 11 is 0. The standard InChI is InChI=1S/C16H17FO/c1-12-5-7-13(8-6-12)9-10-16(18)14-3-2-4-15(17)11-14/h2-8,11,16,18H,9-10H2,1H3. The van der Waals surface area contributed by atoms with E-state index in [0.29, 0.717) is 12.0 Å². The van der Waals surface area contributed by atoms with Crippen LogP contribution in [-0.2, 0) is 6.42 Å². The first kappa shape index (κ1) is 12.8. The summed E-state index contributed by atoms with van der Waals surface area (Å²) in [7, 11) is 0. The Balaban J connectivity index is 1.96. The number of rotatable bonds is 4. The molecule has 0 amide bonds. The predicted octanol–water partition coefficient (Wildman–Crippen LogP) is 3.80. The molecule has 2 heteroatoms. The van der Waals surface area contributed by atoms with E-state index in [-0.39, 0.29) is 5.82 Å². The molecule has 2 rings (SSSR count). The van der Waals surface area contributed by atoms with Crippen LogP contribution >= 0.6 is 0 Å². The maximum absolute atomic E-state index is 13.0. The number of hydrogen-bond donors (Lipinski definition) is 1. The van der Waals surface area contributed by atoms with Crippen LogP contribution in [0.25, 0.3) is 0 Å². The van der Waals surface area contributed by atoms with Gasteiger partial charge < -0.3 is 5.11 Å². The minimum Gasteiger partial charge on any atom is -0.388 e. The molecule has 0 heterocycles. The molecule has 1 unspecified atom stereocenters. The lowest BCUT2D eigenvalue weighted by Gasteiger charge is -2.11. The third-order valence-corrected chi connectivity index (χ3v) is 3.06. The predicted molar refractivity (Wildman–Crippen MR) is 70.9 cm³/mol. The molecule has 0 bridgehead atoms. The van der Waals surface area contributed by atoms with Gasteiger partial charge in [0.15, 0.2) is 0 Å². The highest BCUT2D eigenvalue weighted by atomic mass is 19.1. The molecule has 1 nitrogen and oxygen atoms in total. The van der Waals surface area contributed by atoms with E-state index in [2.05, 4.69) is 24.3 Å². The van der Waals surface area contributed by atoms with E-state index in [4.69, 9.17) is 0 Å². The van der Waals surface area contributed by atoms with Gasteiger partial charge in [-0.2, -0.15) is 0 Å². The lowest BCUT2D eigenvalue weighted by Crippen LogP contribution is -2.00. The van der Waals surface area contributed by atoms with E-state index in [9.17, 15) is 9.50 Å². The van der Waals surface area contributed by atoms with E-state index in [1.165, 1.54) is 23.3 Å². The Morgan fingerprint density at radius 2 is 1.83 bits per heavy atom. The van der Waals surface area contributed by atoms with Crippen LogP contribution in [0.3, 0.4) is 0 Å². The first-order chi connectivity index (χ1) is 8.65. The van der Waals surface area contributed by atoms with Gasteiger partial charge >= 0.3 is 0 Å². The monoisotopic (exact) mass is 244 g/mol. The van der Waals surface area contributed by atoms with E-state index >= 15 is 0 Å². The largest absolute Gasteiger partial charge is 0.388 e. The van der Waals surface area contributed by atoms with Crippen molar-refractivity contribution >= 4 is 0 Å². The van der Waals surface area contributed by atoms with Crippen molar-refractivity contribution in [2.75, 3.05) is 0 Å². The Labute approximate surface area is 107 Å². The molecule has 0 saturated carbocycles. The van der Waals surface area contributed by atoms with Crippen LogP contribution in [-0.4, -0.2) is 5.11 Å². The smallest absolute Gasteiger partial charge is 0.123 e. The number of aryl methyl sites for hydroxylation is 2. The molecule has 0 fully saturated rings. The van der Waals surface area contributed by atoms with Gasteiger partial charge in [-0.25, -0.2) is 4.39 Å². The highest BCUT2D eigenvalue weighted by Gasteiger charge is 2.08. The molecule has 18 heavy (non-hydrogen) atoms. The maximum Gasteiger partial charge on any atom is 0.123 e. The molecule has 0 saturated heterocycles. The summed E-state index contributed by atoms with van der Waals surface area (Å²) in [5.74, 6) is -0.304. The summed E-state index contributed by atoms with van der Waals surface area (Å²) < 4.78 is 13.0. The number of hydrogen-bond acceptors (Lipinski definition) is 1. The molecule has 1 N–H and O–H groups in total. The zero-order chi connectivity index (χ0) is 13.0. The second kappa shape index (κ2) is 5.78. The normalized spacial score (nSPS) is 12.4. The van der Waals surface area contributed by atoms with Gasteiger partial charge in [-0.05, 0) is 43.0 Å². The lowest BCUT2D eigenvalue weighted by molar-refractivity contribution is 0.167. The van der Waals surface area contributed by atoms with Gasteiger partial charge in [0.05, 0.1) is 6.10 Å². The van der Waals surface area contributed by atoms with Crippen molar-refractivity contribution in [2.45, 2.75) is 25.9 Å². The van der Waals surface area contributed by atoms with Gasteiger partial charge in [0.25, 0.3) is 0 Å². The molecule has 2 aromatic rings. The molecule has 0 radical (unpaired) electrons. The van der Waals surface area contributed by atoms with Crippen LogP contribution in [0.4, 0.5) is 4.39 Å². The van der Waals surface area contributed by atoms with Gasteiger partial charge in [0, 0.05) is 0 Å². The van der Waals surface area contributed by atoms with Crippen molar-refractivity contribution in [1.82, 2.24) is 0 Å². The SMILES string of the molecule is Cc1ccc(CCC(O)c2cccc(F)c2)cc1. The van der Waals surface area contributed by atoms with Gasteiger partial charge in [-0.1, -0.05) is 42.0 Å². The van der Waals surface area contributed by atoms with Crippen molar-refractivity contribution in [3.05, 3.63) is 71.0 Å². The zero-order valence-electron chi connectivity index (χ0n) is 10.4. The van der Waals surface area contributed by atoms with E-state index in [1.807, 2.05) is 6.92 Å². The van der Waals surface area contributed by atoms with E-state index < -0.39 is 6.10 Å². The van der Waals surface area contributed by atoms with Gasteiger partial charge in [0.1, 0.15) is 5.82 Å². The second-order valence-corrected chi connectivity index (χ2v) is 4.60. The summed E-state index contributed by atoms with van der Waals surface area (Å²) in [5, 5.41) is 9.99. The number of aliphatic hydroxyl groups is 1. The maximum atomic E-state index is 13.0. The molecule has 94 valence electrons. The molecule has 0 aliphatic carbocycles. The fourth-order valence-corrected chi connectivity index (χ4v) is 1.94. The average Bonchev–Trinajstić information content (AvgIpc) is 2.38. The van der Waals surface area contributed by atoms with Crippen LogP contribution in [0, 0.1) is 12.7 Å². The molecule has 0 spiro atoms. The fourth-order valence-electron chi connectivity index (χ4n) is 1.94. The number of benzene rings is 2. The van der Waals surface area contributed by atoms with Crippen LogP contribution < -0.4 is 0 Å². The fraction of sp³-hybridized carbons (Fsp3) is 0.250. The first-order valence-corrected chi connectivity index (χ1v) is 6.14. The van der Waals surface area contributed by atoms with Crippen molar-refractivity contribution in [3.63, 3.8) is 0 Å². The quantitative estimate of drug-likeness (QED) is 0.867. The van der Waals surface area contributed by atoms with Gasteiger partial charge in [-0.15, -0.1) is 0 Å². The van der Waals surface area contributed by atoms with Crippen molar-refractivity contribution < 1.29 is 9.50 Å². The highest BCUT2D eigenvalue weighted by molar-refractivity contribution is 5.22. The molecular formula is C16H17FO. The van der Waals surface area contributed by atoms with Crippen molar-refractivity contribution in [2.24, 2.45) is 0 Å². The first-order valence-electron chi connectivity index (χ1n) is 6.14. The third-order valence-electron chi connectivity index (χ3n) is 3.06. The van der Waals surface area contributed by atoms with Crippen molar-refractivity contribution in [3.8, 4) is 0 Å². The minimum absolute atomic E-state index is 0.304. The molecule has 1 atom stereocenters. The number of aliphatic hydroxyl groups excluding tert-OH is 1. The van der Waals surface area contributed by atoms with Crippen LogP contribution in [0.2, 0.25) is 0 Å². The molecule has 2 aromatic carbocycles. The third kappa shape index (κ3) is 3.41. The second-order valence-electron chi connectivity index (χ2n) is 4.60. The summed E-state index contributed by atoms with van der Waals surface area (Å²) in [5.41, 5.74) is 3.06. The Morgan fingerprint density at radius 3 is 2.50 bits per heavy atom. The van der Waals surface area contributed by atoms with Gasteiger partial charge in [0.2, 0.25) is 0 Å². The molecule has 0 aliphatic rings. The van der Waals surface area contributed by atoms with Crippen LogP contribution in [0.1, 0.15) is 29.2 Å².